The number of hydrogen-bond donors (Lipinski definition) is 0. The van der Waals surface area contributed by atoms with Gasteiger partial charge in [-0.15, -0.1) is 11.6 Å². The number of rotatable bonds is 3. The van der Waals surface area contributed by atoms with Gasteiger partial charge in [0, 0.05) is 0 Å². The molecule has 4 nitrogen and oxygen atoms in total. The molecule has 0 heterocycles. The van der Waals surface area contributed by atoms with Gasteiger partial charge in [-0.25, -0.2) is 8.42 Å². The van der Waals surface area contributed by atoms with E-state index in [1.165, 1.54) is 12.1 Å². The lowest BCUT2D eigenvalue weighted by Crippen LogP contribution is -2.35. The van der Waals surface area contributed by atoms with Crippen LogP contribution in [0.4, 0.5) is 0 Å². The number of alkyl halides is 1. The van der Waals surface area contributed by atoms with Crippen LogP contribution < -0.4 is 0 Å². The zero-order valence-electron chi connectivity index (χ0n) is 11.2. The van der Waals surface area contributed by atoms with Gasteiger partial charge >= 0.3 is 0 Å². The fourth-order valence-electron chi connectivity index (χ4n) is 0.958. The molecule has 6 heteroatoms. The lowest BCUT2D eigenvalue weighted by Gasteiger charge is -2.21. The van der Waals surface area contributed by atoms with E-state index >= 15 is 0 Å². The SMILES string of the molecule is C[N+](C)(C)CCCl.Cc1ccc(S(=O)(=O)[O-])cc1. The number of aryl methyl sites for hydroxylation is 1. The molecule has 0 fully saturated rings. The average Bonchev–Trinajstić information content (AvgIpc) is 2.15. The summed E-state index contributed by atoms with van der Waals surface area (Å²) in [5.74, 6) is 0.753. The Bertz CT molecular complexity index is 449. The first-order valence-electron chi connectivity index (χ1n) is 5.45. The molecule has 0 aromatic heterocycles. The first kappa shape index (κ1) is 17.4. The summed E-state index contributed by atoms with van der Waals surface area (Å²) in [7, 11) is 2.11. The maximum Gasteiger partial charge on any atom is 0.124 e. The highest BCUT2D eigenvalue weighted by molar-refractivity contribution is 7.85. The fraction of sp³-hybridized carbons (Fsp3) is 0.500. The maximum atomic E-state index is 10.4. The Balaban J connectivity index is 0.000000360. The zero-order valence-corrected chi connectivity index (χ0v) is 12.8. The van der Waals surface area contributed by atoms with Crippen LogP contribution in [0.15, 0.2) is 29.2 Å². The van der Waals surface area contributed by atoms with Crippen LogP contribution in [0.5, 0.6) is 0 Å². The van der Waals surface area contributed by atoms with Crippen LogP contribution in [0.1, 0.15) is 5.56 Å². The van der Waals surface area contributed by atoms with Crippen LogP contribution in [-0.4, -0.2) is 51.0 Å². The predicted octanol–water partition coefficient (Wildman–Crippen LogP) is 1.83. The number of benzene rings is 1. The normalized spacial score (nSPS) is 11.7. The fourth-order valence-corrected chi connectivity index (χ4v) is 1.93. The van der Waals surface area contributed by atoms with Crippen molar-refractivity contribution in [3.63, 3.8) is 0 Å². The minimum Gasteiger partial charge on any atom is -0.744 e. The van der Waals surface area contributed by atoms with Crippen LogP contribution in [0.2, 0.25) is 0 Å². The molecule has 0 atom stereocenters. The van der Waals surface area contributed by atoms with Crippen LogP contribution in [0, 0.1) is 6.92 Å². The van der Waals surface area contributed by atoms with E-state index < -0.39 is 10.1 Å². The van der Waals surface area contributed by atoms with Gasteiger partial charge in [0.05, 0.1) is 38.5 Å². The summed E-state index contributed by atoms with van der Waals surface area (Å²) in [6.07, 6.45) is 0. The van der Waals surface area contributed by atoms with Crippen molar-refractivity contribution in [1.82, 2.24) is 0 Å². The lowest BCUT2D eigenvalue weighted by molar-refractivity contribution is -0.867. The van der Waals surface area contributed by atoms with Gasteiger partial charge in [-0.05, 0) is 19.1 Å². The monoisotopic (exact) mass is 293 g/mol. The van der Waals surface area contributed by atoms with E-state index in [1.807, 2.05) is 6.92 Å². The van der Waals surface area contributed by atoms with Crippen molar-refractivity contribution in [2.75, 3.05) is 33.6 Å². The Kier molecular flexibility index (Phi) is 6.84. The quantitative estimate of drug-likeness (QED) is 0.485. The van der Waals surface area contributed by atoms with Crippen molar-refractivity contribution in [3.8, 4) is 0 Å². The molecule has 0 aliphatic heterocycles. The van der Waals surface area contributed by atoms with Crippen LogP contribution >= 0.6 is 11.6 Å². The van der Waals surface area contributed by atoms with E-state index in [9.17, 15) is 13.0 Å². The first-order chi connectivity index (χ1) is 8.06. The van der Waals surface area contributed by atoms with E-state index in [0.29, 0.717) is 0 Å². The Morgan fingerprint density at radius 1 is 1.17 bits per heavy atom. The first-order valence-corrected chi connectivity index (χ1v) is 7.39. The molecule has 0 N–H and O–H groups in total. The molecule has 0 aliphatic carbocycles. The molecule has 0 bridgehead atoms. The van der Waals surface area contributed by atoms with Gasteiger partial charge in [0.15, 0.2) is 0 Å². The third-order valence-corrected chi connectivity index (χ3v) is 3.08. The second-order valence-corrected chi connectivity index (χ2v) is 6.73. The third kappa shape index (κ3) is 8.47. The number of quaternary nitrogens is 1. The van der Waals surface area contributed by atoms with Crippen molar-refractivity contribution < 1.29 is 17.5 Å². The van der Waals surface area contributed by atoms with Gasteiger partial charge in [-0.3, -0.25) is 0 Å². The van der Waals surface area contributed by atoms with E-state index in [4.69, 9.17) is 11.6 Å². The second-order valence-electron chi connectivity index (χ2n) is 4.97. The molecular formula is C12H20ClNO3S. The molecule has 1 aromatic rings. The number of halogens is 1. The van der Waals surface area contributed by atoms with Gasteiger partial charge in [0.2, 0.25) is 0 Å². The van der Waals surface area contributed by atoms with E-state index in [2.05, 4.69) is 21.1 Å². The van der Waals surface area contributed by atoms with E-state index in [1.54, 1.807) is 12.1 Å². The topological polar surface area (TPSA) is 57.2 Å². The minimum atomic E-state index is -4.27. The summed E-state index contributed by atoms with van der Waals surface area (Å²) in [6.45, 7) is 2.86. The van der Waals surface area contributed by atoms with Crippen molar-refractivity contribution in [2.45, 2.75) is 11.8 Å². The molecule has 104 valence electrons. The summed E-state index contributed by atoms with van der Waals surface area (Å²) in [5.41, 5.74) is 0.928. The second kappa shape index (κ2) is 7.09. The predicted molar refractivity (Wildman–Crippen MR) is 72.8 cm³/mol. The highest BCUT2D eigenvalue weighted by Gasteiger charge is 2.02. The van der Waals surface area contributed by atoms with E-state index in [0.717, 1.165) is 22.5 Å². The van der Waals surface area contributed by atoms with Gasteiger partial charge in [-0.2, -0.15) is 0 Å². The van der Waals surface area contributed by atoms with Crippen molar-refractivity contribution in [1.29, 1.82) is 0 Å². The summed E-state index contributed by atoms with van der Waals surface area (Å²) >= 11 is 5.47. The maximum absolute atomic E-state index is 10.4. The van der Waals surface area contributed by atoms with Gasteiger partial charge in [-0.1, -0.05) is 17.7 Å². The highest BCUT2D eigenvalue weighted by Crippen LogP contribution is 2.08. The summed E-state index contributed by atoms with van der Waals surface area (Å²) in [6, 6.07) is 5.78. The Hall–Kier alpha value is -0.620. The van der Waals surface area contributed by atoms with E-state index in [-0.39, 0.29) is 4.90 Å². The van der Waals surface area contributed by atoms with Gasteiger partial charge < -0.3 is 9.04 Å². The summed E-state index contributed by atoms with van der Waals surface area (Å²) in [5, 5.41) is 0. The van der Waals surface area contributed by atoms with Crippen LogP contribution in [0.3, 0.4) is 0 Å². The molecular weight excluding hydrogens is 274 g/mol. The molecule has 0 unspecified atom stereocenters. The Morgan fingerprint density at radius 3 is 1.83 bits per heavy atom. The highest BCUT2D eigenvalue weighted by atomic mass is 35.5. The molecule has 0 amide bonds. The zero-order chi connectivity index (χ0) is 14.4. The molecule has 0 spiro atoms. The standard InChI is InChI=1S/C7H8O3S.C5H13ClN/c1-6-2-4-7(5-3-6)11(8,9)10;1-7(2,3)5-4-6/h2-5H,1H3,(H,8,9,10);4-5H2,1-3H3/q;+1/p-1. The molecule has 1 rings (SSSR count). The lowest BCUT2D eigenvalue weighted by atomic mass is 10.2. The van der Waals surface area contributed by atoms with Gasteiger partial charge in [0.1, 0.15) is 10.1 Å². The largest absolute Gasteiger partial charge is 0.744 e. The van der Waals surface area contributed by atoms with Crippen LogP contribution in [-0.2, 0) is 10.1 Å². The van der Waals surface area contributed by atoms with Crippen molar-refractivity contribution in [2.24, 2.45) is 0 Å². The van der Waals surface area contributed by atoms with Crippen molar-refractivity contribution in [3.05, 3.63) is 29.8 Å². The minimum absolute atomic E-state index is 0.178. The molecule has 0 saturated carbocycles. The Labute approximate surface area is 115 Å². The third-order valence-electron chi connectivity index (χ3n) is 2.06. The summed E-state index contributed by atoms with van der Waals surface area (Å²) < 4.78 is 32.1. The smallest absolute Gasteiger partial charge is 0.124 e. The van der Waals surface area contributed by atoms with Gasteiger partial charge in [0.25, 0.3) is 0 Å². The van der Waals surface area contributed by atoms with Crippen molar-refractivity contribution >= 4 is 21.7 Å². The molecule has 0 radical (unpaired) electrons. The average molecular weight is 294 g/mol. The summed E-state index contributed by atoms with van der Waals surface area (Å²) in [4.78, 5) is -0.178. The number of nitrogens with zero attached hydrogens (tertiary/aromatic N) is 1. The Morgan fingerprint density at radius 2 is 1.61 bits per heavy atom. The van der Waals surface area contributed by atoms with Crippen LogP contribution in [0.25, 0.3) is 0 Å². The molecule has 1 aromatic carbocycles. The number of hydrogen-bond acceptors (Lipinski definition) is 3. The molecule has 0 saturated heterocycles. The molecule has 18 heavy (non-hydrogen) atoms. The molecule has 0 aliphatic rings.